The van der Waals surface area contributed by atoms with Gasteiger partial charge in [-0.2, -0.15) is 5.26 Å². The van der Waals surface area contributed by atoms with Crippen LogP contribution in [0.4, 0.5) is 11.5 Å². The lowest BCUT2D eigenvalue weighted by molar-refractivity contribution is 0.312. The molecule has 0 aliphatic carbocycles. The Bertz CT molecular complexity index is 925. The van der Waals surface area contributed by atoms with Crippen LogP contribution in [0.2, 0.25) is 0 Å². The molecule has 3 aromatic rings. The van der Waals surface area contributed by atoms with Crippen LogP contribution in [0, 0.1) is 18.3 Å². The summed E-state index contributed by atoms with van der Waals surface area (Å²) in [6.45, 7) is 2.61. The summed E-state index contributed by atoms with van der Waals surface area (Å²) in [5.74, 6) is 1.68. The molecule has 1 aromatic carbocycles. The Morgan fingerprint density at radius 3 is 2.88 bits per heavy atom. The van der Waals surface area contributed by atoms with Gasteiger partial charge >= 0.3 is 0 Å². The largest absolute Gasteiger partial charge is 0.494 e. The van der Waals surface area contributed by atoms with E-state index in [9.17, 15) is 0 Å². The van der Waals surface area contributed by atoms with Gasteiger partial charge in [0.1, 0.15) is 17.1 Å². The Kier molecular flexibility index (Phi) is 4.85. The van der Waals surface area contributed by atoms with Crippen LogP contribution in [0.5, 0.6) is 5.75 Å². The van der Waals surface area contributed by atoms with Crippen molar-refractivity contribution in [2.24, 2.45) is 7.05 Å². The minimum atomic E-state index is 0.516. The van der Waals surface area contributed by atoms with E-state index in [0.717, 1.165) is 40.3 Å². The Morgan fingerprint density at radius 2 is 2.12 bits per heavy atom. The van der Waals surface area contributed by atoms with Crippen LogP contribution in [0.1, 0.15) is 18.4 Å². The molecule has 0 bridgehead atoms. The standard InChI is InChI=1S/C19H21N5O/c1-14-10-15(25-9-5-4-8-20)6-7-17(14)24(3)19-11-18-16(12-21-19)22-13-23(18)2/h6-7,10-13H,4-5,9H2,1-3H3. The lowest BCUT2D eigenvalue weighted by Gasteiger charge is -2.21. The van der Waals surface area contributed by atoms with Gasteiger partial charge in [0, 0.05) is 32.3 Å². The number of nitriles is 1. The number of ether oxygens (including phenoxy) is 1. The maximum absolute atomic E-state index is 8.56. The van der Waals surface area contributed by atoms with Crippen LogP contribution in [-0.4, -0.2) is 28.2 Å². The molecule has 2 heterocycles. The second-order valence-corrected chi connectivity index (χ2v) is 6.00. The molecule has 0 spiro atoms. The summed E-state index contributed by atoms with van der Waals surface area (Å²) in [5.41, 5.74) is 4.11. The van der Waals surface area contributed by atoms with Crippen LogP contribution >= 0.6 is 0 Å². The molecule has 0 aliphatic heterocycles. The van der Waals surface area contributed by atoms with Crippen LogP contribution < -0.4 is 9.64 Å². The highest BCUT2D eigenvalue weighted by atomic mass is 16.5. The summed E-state index contributed by atoms with van der Waals surface area (Å²) in [6.07, 6.45) is 4.84. The SMILES string of the molecule is Cc1cc(OCCCC#N)ccc1N(C)c1cc2c(cn1)ncn2C. The van der Waals surface area contributed by atoms with E-state index in [1.54, 1.807) is 12.5 Å². The van der Waals surface area contributed by atoms with Gasteiger partial charge in [-0.3, -0.25) is 0 Å². The third kappa shape index (κ3) is 3.56. The number of aromatic nitrogens is 3. The Morgan fingerprint density at radius 1 is 1.28 bits per heavy atom. The van der Waals surface area contributed by atoms with Crippen molar-refractivity contribution in [3.05, 3.63) is 42.4 Å². The quantitative estimate of drug-likeness (QED) is 0.642. The highest BCUT2D eigenvalue weighted by molar-refractivity contribution is 5.79. The second-order valence-electron chi connectivity index (χ2n) is 6.00. The first-order chi connectivity index (χ1) is 12.1. The maximum Gasteiger partial charge on any atom is 0.134 e. The second kappa shape index (κ2) is 7.22. The van der Waals surface area contributed by atoms with E-state index in [0.29, 0.717) is 13.0 Å². The molecule has 0 amide bonds. The smallest absolute Gasteiger partial charge is 0.134 e. The highest BCUT2D eigenvalue weighted by Crippen LogP contribution is 2.29. The van der Waals surface area contributed by atoms with E-state index < -0.39 is 0 Å². The topological polar surface area (TPSA) is 67.0 Å². The summed E-state index contributed by atoms with van der Waals surface area (Å²) >= 11 is 0. The van der Waals surface area contributed by atoms with Gasteiger partial charge in [-0.05, 0) is 37.1 Å². The van der Waals surface area contributed by atoms with E-state index in [-0.39, 0.29) is 0 Å². The summed E-state index contributed by atoms with van der Waals surface area (Å²) < 4.78 is 7.68. The van der Waals surface area contributed by atoms with Crippen molar-refractivity contribution < 1.29 is 4.74 Å². The predicted octanol–water partition coefficient (Wildman–Crippen LogP) is 3.73. The molecule has 6 nitrogen and oxygen atoms in total. The van der Waals surface area contributed by atoms with Gasteiger partial charge in [-0.1, -0.05) is 0 Å². The van der Waals surface area contributed by atoms with Crippen molar-refractivity contribution >= 4 is 22.5 Å². The number of rotatable bonds is 6. The fraction of sp³-hybridized carbons (Fsp3) is 0.316. The van der Waals surface area contributed by atoms with E-state index in [1.807, 2.05) is 42.9 Å². The summed E-state index contributed by atoms with van der Waals surface area (Å²) in [6, 6.07) is 10.2. The summed E-state index contributed by atoms with van der Waals surface area (Å²) in [7, 11) is 3.98. The van der Waals surface area contributed by atoms with E-state index >= 15 is 0 Å². The molecule has 0 saturated heterocycles. The molecule has 0 atom stereocenters. The zero-order valence-electron chi connectivity index (χ0n) is 14.7. The molecule has 2 aromatic heterocycles. The molecular formula is C19H21N5O. The summed E-state index contributed by atoms with van der Waals surface area (Å²) in [4.78, 5) is 10.9. The average Bonchev–Trinajstić information content (AvgIpc) is 2.99. The van der Waals surface area contributed by atoms with Crippen molar-refractivity contribution in [1.82, 2.24) is 14.5 Å². The Labute approximate surface area is 147 Å². The molecule has 0 fully saturated rings. The molecule has 0 radical (unpaired) electrons. The van der Waals surface area contributed by atoms with Gasteiger partial charge in [-0.25, -0.2) is 9.97 Å². The minimum absolute atomic E-state index is 0.516. The maximum atomic E-state index is 8.56. The first-order valence-corrected chi connectivity index (χ1v) is 8.21. The third-order valence-corrected chi connectivity index (χ3v) is 4.17. The zero-order chi connectivity index (χ0) is 17.8. The molecule has 6 heteroatoms. The van der Waals surface area contributed by atoms with Gasteiger partial charge in [0.25, 0.3) is 0 Å². The van der Waals surface area contributed by atoms with Crippen molar-refractivity contribution in [2.45, 2.75) is 19.8 Å². The van der Waals surface area contributed by atoms with Gasteiger partial charge in [0.05, 0.1) is 30.7 Å². The molecule has 0 saturated carbocycles. The van der Waals surface area contributed by atoms with Crippen molar-refractivity contribution in [1.29, 1.82) is 5.26 Å². The van der Waals surface area contributed by atoms with Crippen LogP contribution in [0.15, 0.2) is 36.8 Å². The highest BCUT2D eigenvalue weighted by Gasteiger charge is 2.11. The number of hydrogen-bond acceptors (Lipinski definition) is 5. The van der Waals surface area contributed by atoms with E-state index in [1.165, 1.54) is 0 Å². The number of aryl methyl sites for hydroxylation is 2. The molecular weight excluding hydrogens is 314 g/mol. The number of imidazole rings is 1. The lowest BCUT2D eigenvalue weighted by atomic mass is 10.1. The fourth-order valence-corrected chi connectivity index (χ4v) is 2.76. The summed E-state index contributed by atoms with van der Waals surface area (Å²) in [5, 5.41) is 8.56. The van der Waals surface area contributed by atoms with Crippen molar-refractivity contribution in [2.75, 3.05) is 18.6 Å². The van der Waals surface area contributed by atoms with Gasteiger partial charge in [0.15, 0.2) is 0 Å². The van der Waals surface area contributed by atoms with Crippen LogP contribution in [0.3, 0.4) is 0 Å². The number of unbranched alkanes of at least 4 members (excludes halogenated alkanes) is 1. The number of hydrogen-bond donors (Lipinski definition) is 0. The average molecular weight is 335 g/mol. The first kappa shape index (κ1) is 16.8. The lowest BCUT2D eigenvalue weighted by Crippen LogP contribution is -2.12. The Hall–Kier alpha value is -3.07. The molecule has 128 valence electrons. The molecule has 25 heavy (non-hydrogen) atoms. The number of benzene rings is 1. The zero-order valence-corrected chi connectivity index (χ0v) is 14.7. The molecule has 0 aliphatic rings. The van der Waals surface area contributed by atoms with Gasteiger partial charge in [-0.15, -0.1) is 0 Å². The third-order valence-electron chi connectivity index (χ3n) is 4.17. The number of pyridine rings is 1. The normalized spacial score (nSPS) is 10.6. The fourth-order valence-electron chi connectivity index (χ4n) is 2.76. The molecule has 0 N–H and O–H groups in total. The monoisotopic (exact) mass is 335 g/mol. The number of fused-ring (bicyclic) bond motifs is 1. The van der Waals surface area contributed by atoms with Crippen LogP contribution in [-0.2, 0) is 7.05 Å². The van der Waals surface area contributed by atoms with Crippen molar-refractivity contribution in [3.8, 4) is 11.8 Å². The number of anilines is 2. The minimum Gasteiger partial charge on any atom is -0.494 e. The number of nitrogens with zero attached hydrogens (tertiary/aromatic N) is 5. The first-order valence-electron chi connectivity index (χ1n) is 8.21. The molecule has 0 unspecified atom stereocenters. The van der Waals surface area contributed by atoms with E-state index in [4.69, 9.17) is 10.00 Å². The van der Waals surface area contributed by atoms with Crippen LogP contribution in [0.25, 0.3) is 11.0 Å². The molecule has 3 rings (SSSR count). The van der Waals surface area contributed by atoms with Gasteiger partial charge < -0.3 is 14.2 Å². The van der Waals surface area contributed by atoms with E-state index in [2.05, 4.69) is 27.9 Å². The van der Waals surface area contributed by atoms with Gasteiger partial charge in [0.2, 0.25) is 0 Å². The van der Waals surface area contributed by atoms with Crippen molar-refractivity contribution in [3.63, 3.8) is 0 Å². The predicted molar refractivity (Wildman–Crippen MR) is 98.1 cm³/mol. The Balaban J connectivity index is 1.80.